The molecule has 0 aliphatic carbocycles. The molecule has 2 aliphatic rings. The zero-order chi connectivity index (χ0) is 15.5. The summed E-state index contributed by atoms with van der Waals surface area (Å²) < 4.78 is 13.1. The molecule has 0 saturated carbocycles. The van der Waals surface area contributed by atoms with Crippen LogP contribution in [0.15, 0.2) is 18.2 Å². The van der Waals surface area contributed by atoms with E-state index in [9.17, 15) is 9.18 Å². The minimum absolute atomic E-state index is 0.0751. The summed E-state index contributed by atoms with van der Waals surface area (Å²) in [5, 5.41) is 3.67. The summed E-state index contributed by atoms with van der Waals surface area (Å²) in [6, 6.07) is 4.67. The van der Waals surface area contributed by atoms with Gasteiger partial charge in [-0.2, -0.15) is 0 Å². The number of carbonyl (C=O) groups excluding carboxylic acids is 1. The molecule has 0 radical (unpaired) electrons. The Morgan fingerprint density at radius 2 is 2.09 bits per heavy atom. The number of rotatable bonds is 3. The molecule has 0 aromatic heterocycles. The van der Waals surface area contributed by atoms with E-state index in [0.717, 1.165) is 45.7 Å². The molecule has 1 unspecified atom stereocenters. The summed E-state index contributed by atoms with van der Waals surface area (Å²) in [4.78, 5) is 16.8. The Morgan fingerprint density at radius 3 is 2.82 bits per heavy atom. The summed E-state index contributed by atoms with van der Waals surface area (Å²) >= 11 is 6.00. The largest absolute Gasteiger partial charge is 0.341 e. The molecule has 3 rings (SSSR count). The van der Waals surface area contributed by atoms with Gasteiger partial charge in [0.1, 0.15) is 5.82 Å². The van der Waals surface area contributed by atoms with E-state index >= 15 is 0 Å². The van der Waals surface area contributed by atoms with Crippen molar-refractivity contribution in [2.75, 3.05) is 39.3 Å². The van der Waals surface area contributed by atoms with E-state index in [1.54, 1.807) is 6.07 Å². The maximum atomic E-state index is 13.1. The van der Waals surface area contributed by atoms with Crippen LogP contribution in [-0.2, 0) is 11.2 Å². The summed E-state index contributed by atoms with van der Waals surface area (Å²) in [6.07, 6.45) is 1.27. The SMILES string of the molecule is O=C(Cc1ccc(F)cc1Cl)N1CCC(N2CCNCC2)C1. The van der Waals surface area contributed by atoms with Crippen molar-refractivity contribution in [3.63, 3.8) is 0 Å². The number of hydrogen-bond donors (Lipinski definition) is 1. The second-order valence-corrected chi connectivity index (χ2v) is 6.39. The van der Waals surface area contributed by atoms with Crippen molar-refractivity contribution in [3.05, 3.63) is 34.6 Å². The molecule has 120 valence electrons. The molecule has 0 bridgehead atoms. The van der Waals surface area contributed by atoms with Gasteiger partial charge in [-0.15, -0.1) is 0 Å². The van der Waals surface area contributed by atoms with E-state index in [-0.39, 0.29) is 18.1 Å². The molecule has 1 amide bonds. The van der Waals surface area contributed by atoms with Crippen molar-refractivity contribution >= 4 is 17.5 Å². The van der Waals surface area contributed by atoms with Crippen molar-refractivity contribution < 1.29 is 9.18 Å². The molecule has 1 N–H and O–H groups in total. The monoisotopic (exact) mass is 325 g/mol. The Bertz CT molecular complexity index is 548. The normalized spacial score (nSPS) is 23.0. The van der Waals surface area contributed by atoms with E-state index in [0.29, 0.717) is 16.6 Å². The topological polar surface area (TPSA) is 35.6 Å². The lowest BCUT2D eigenvalue weighted by Gasteiger charge is -2.32. The third kappa shape index (κ3) is 3.59. The van der Waals surface area contributed by atoms with E-state index in [1.165, 1.54) is 12.1 Å². The van der Waals surface area contributed by atoms with Crippen LogP contribution in [0.1, 0.15) is 12.0 Å². The van der Waals surface area contributed by atoms with Crippen molar-refractivity contribution in [2.45, 2.75) is 18.9 Å². The lowest BCUT2D eigenvalue weighted by atomic mass is 10.1. The number of halogens is 2. The molecule has 1 atom stereocenters. The molecule has 0 spiro atoms. The fraction of sp³-hybridized carbons (Fsp3) is 0.562. The molecule has 2 heterocycles. The molecule has 6 heteroatoms. The van der Waals surface area contributed by atoms with Crippen LogP contribution >= 0.6 is 11.6 Å². The summed E-state index contributed by atoms with van der Waals surface area (Å²) in [5.74, 6) is -0.299. The molecule has 2 fully saturated rings. The Balaban J connectivity index is 1.57. The molecular formula is C16H21ClFN3O. The van der Waals surface area contributed by atoms with E-state index in [1.807, 2.05) is 4.90 Å². The van der Waals surface area contributed by atoms with Crippen LogP contribution in [0.25, 0.3) is 0 Å². The van der Waals surface area contributed by atoms with Gasteiger partial charge in [-0.25, -0.2) is 4.39 Å². The zero-order valence-electron chi connectivity index (χ0n) is 12.5. The summed E-state index contributed by atoms with van der Waals surface area (Å²) in [7, 11) is 0. The number of nitrogens with one attached hydrogen (secondary N) is 1. The molecule has 1 aromatic rings. The van der Waals surface area contributed by atoms with Crippen molar-refractivity contribution in [2.24, 2.45) is 0 Å². The fourth-order valence-electron chi connectivity index (χ4n) is 3.25. The van der Waals surface area contributed by atoms with Gasteiger partial charge in [0, 0.05) is 50.3 Å². The Hall–Kier alpha value is -1.17. The first-order chi connectivity index (χ1) is 10.6. The van der Waals surface area contributed by atoms with E-state index < -0.39 is 0 Å². The number of likely N-dealkylation sites (tertiary alicyclic amines) is 1. The van der Waals surface area contributed by atoms with Crippen molar-refractivity contribution in [3.8, 4) is 0 Å². The fourth-order valence-corrected chi connectivity index (χ4v) is 3.49. The molecule has 4 nitrogen and oxygen atoms in total. The highest BCUT2D eigenvalue weighted by Crippen LogP contribution is 2.21. The average molecular weight is 326 g/mol. The number of piperazine rings is 1. The predicted molar refractivity (Wildman–Crippen MR) is 84.5 cm³/mol. The van der Waals surface area contributed by atoms with Crippen LogP contribution in [0.2, 0.25) is 5.02 Å². The third-order valence-electron chi connectivity index (χ3n) is 4.54. The number of benzene rings is 1. The van der Waals surface area contributed by atoms with Crippen LogP contribution in [0, 0.1) is 5.82 Å². The highest BCUT2D eigenvalue weighted by Gasteiger charge is 2.30. The lowest BCUT2D eigenvalue weighted by molar-refractivity contribution is -0.129. The van der Waals surface area contributed by atoms with Gasteiger partial charge >= 0.3 is 0 Å². The molecule has 22 heavy (non-hydrogen) atoms. The number of carbonyl (C=O) groups is 1. The standard InChI is InChI=1S/C16H21ClFN3O/c17-15-10-13(18)2-1-12(15)9-16(22)21-6-3-14(11-21)20-7-4-19-5-8-20/h1-2,10,14,19H,3-9,11H2. The van der Waals surface area contributed by atoms with Gasteiger partial charge in [-0.1, -0.05) is 17.7 Å². The van der Waals surface area contributed by atoms with Gasteiger partial charge in [0.15, 0.2) is 0 Å². The number of hydrogen-bond acceptors (Lipinski definition) is 3. The minimum atomic E-state index is -0.374. The number of amides is 1. The maximum absolute atomic E-state index is 13.1. The Labute approximate surface area is 135 Å². The molecule has 2 aliphatic heterocycles. The zero-order valence-corrected chi connectivity index (χ0v) is 13.3. The lowest BCUT2D eigenvalue weighted by Crippen LogP contribution is -2.49. The van der Waals surface area contributed by atoms with Gasteiger partial charge in [0.25, 0.3) is 0 Å². The highest BCUT2D eigenvalue weighted by atomic mass is 35.5. The van der Waals surface area contributed by atoms with Crippen molar-refractivity contribution in [1.82, 2.24) is 15.1 Å². The average Bonchev–Trinajstić information content (AvgIpc) is 3.01. The Kier molecular flexibility index (Phi) is 4.96. The summed E-state index contributed by atoms with van der Waals surface area (Å²) in [5.41, 5.74) is 0.693. The van der Waals surface area contributed by atoms with Gasteiger partial charge in [-0.05, 0) is 24.1 Å². The first-order valence-corrected chi connectivity index (χ1v) is 8.18. The molecule has 1 aromatic carbocycles. The number of nitrogens with zero attached hydrogens (tertiary/aromatic N) is 2. The minimum Gasteiger partial charge on any atom is -0.341 e. The second kappa shape index (κ2) is 6.94. The van der Waals surface area contributed by atoms with Gasteiger partial charge in [-0.3, -0.25) is 9.69 Å². The van der Waals surface area contributed by atoms with Gasteiger partial charge in [0.05, 0.1) is 6.42 Å². The van der Waals surface area contributed by atoms with Gasteiger partial charge in [0.2, 0.25) is 5.91 Å². The molecule has 2 saturated heterocycles. The first kappa shape index (κ1) is 15.7. The smallest absolute Gasteiger partial charge is 0.227 e. The predicted octanol–water partition coefficient (Wildman–Crippen LogP) is 1.53. The third-order valence-corrected chi connectivity index (χ3v) is 4.89. The van der Waals surface area contributed by atoms with Crippen LogP contribution in [-0.4, -0.2) is 61.0 Å². The van der Waals surface area contributed by atoms with E-state index in [4.69, 9.17) is 11.6 Å². The molecular weight excluding hydrogens is 305 g/mol. The first-order valence-electron chi connectivity index (χ1n) is 7.80. The Morgan fingerprint density at radius 1 is 1.32 bits per heavy atom. The maximum Gasteiger partial charge on any atom is 0.227 e. The van der Waals surface area contributed by atoms with E-state index in [2.05, 4.69) is 10.2 Å². The van der Waals surface area contributed by atoms with Crippen LogP contribution < -0.4 is 5.32 Å². The van der Waals surface area contributed by atoms with Crippen LogP contribution in [0.3, 0.4) is 0 Å². The quantitative estimate of drug-likeness (QED) is 0.915. The highest BCUT2D eigenvalue weighted by molar-refractivity contribution is 6.31. The second-order valence-electron chi connectivity index (χ2n) is 5.98. The summed E-state index contributed by atoms with van der Waals surface area (Å²) in [6.45, 7) is 5.74. The van der Waals surface area contributed by atoms with Crippen LogP contribution in [0.4, 0.5) is 4.39 Å². The van der Waals surface area contributed by atoms with Gasteiger partial charge < -0.3 is 10.2 Å². The van der Waals surface area contributed by atoms with Crippen molar-refractivity contribution in [1.29, 1.82) is 0 Å². The van der Waals surface area contributed by atoms with Crippen LogP contribution in [0.5, 0.6) is 0 Å².